The Hall–Kier alpha value is -0.780. The molecule has 0 aliphatic rings. The highest BCUT2D eigenvalue weighted by Gasteiger charge is 2.09. The summed E-state index contributed by atoms with van der Waals surface area (Å²) in [5.41, 5.74) is 0. The van der Waals surface area contributed by atoms with Crippen molar-refractivity contribution in [2.45, 2.75) is 6.92 Å². The van der Waals surface area contributed by atoms with E-state index in [1.165, 1.54) is 6.92 Å². The topological polar surface area (TPSA) is 74.7 Å². The standard InChI is InChI=1S/C3H7NO4S/c1-2-4(3(5)6)9(7)8/h9H,2H2,1H3,(H,5,6). The molecule has 54 valence electrons. The molecule has 0 aliphatic carbocycles. The maximum Gasteiger partial charge on any atom is 0.420 e. The van der Waals surface area contributed by atoms with E-state index in [0.29, 0.717) is 4.31 Å². The second kappa shape index (κ2) is 3.29. The third-order valence-electron chi connectivity index (χ3n) is 0.717. The molecule has 9 heavy (non-hydrogen) atoms. The van der Waals surface area contributed by atoms with E-state index in [2.05, 4.69) is 0 Å². The molecular weight excluding hydrogens is 146 g/mol. The molecule has 5 nitrogen and oxygen atoms in total. The van der Waals surface area contributed by atoms with Crippen molar-refractivity contribution in [3.63, 3.8) is 0 Å². The van der Waals surface area contributed by atoms with E-state index in [4.69, 9.17) is 5.11 Å². The van der Waals surface area contributed by atoms with Crippen LogP contribution in [0.3, 0.4) is 0 Å². The predicted molar refractivity (Wildman–Crippen MR) is 30.7 cm³/mol. The van der Waals surface area contributed by atoms with Crippen molar-refractivity contribution in [2.24, 2.45) is 0 Å². The van der Waals surface area contributed by atoms with E-state index in [9.17, 15) is 13.2 Å². The van der Waals surface area contributed by atoms with Gasteiger partial charge in [0.1, 0.15) is 0 Å². The van der Waals surface area contributed by atoms with Gasteiger partial charge in [0.25, 0.3) is 0 Å². The van der Waals surface area contributed by atoms with Crippen LogP contribution in [0.2, 0.25) is 0 Å². The lowest BCUT2D eigenvalue weighted by Crippen LogP contribution is -2.27. The number of nitrogens with zero attached hydrogens (tertiary/aromatic N) is 1. The van der Waals surface area contributed by atoms with Gasteiger partial charge >= 0.3 is 6.09 Å². The maximum absolute atomic E-state index is 9.95. The molecular formula is C3H7NO4S. The minimum absolute atomic E-state index is 0.0337. The molecule has 0 aromatic heterocycles. The molecule has 0 aromatic rings. The summed E-state index contributed by atoms with van der Waals surface area (Å²) < 4.78 is 20.2. The molecule has 1 N–H and O–H groups in total. The van der Waals surface area contributed by atoms with E-state index in [1.54, 1.807) is 0 Å². The molecule has 0 aromatic carbocycles. The van der Waals surface area contributed by atoms with Gasteiger partial charge in [-0.05, 0) is 6.92 Å². The Morgan fingerprint density at radius 1 is 1.67 bits per heavy atom. The Morgan fingerprint density at radius 3 is 2.11 bits per heavy atom. The molecule has 0 atom stereocenters. The van der Waals surface area contributed by atoms with E-state index in [0.717, 1.165) is 0 Å². The molecule has 0 saturated carbocycles. The highest BCUT2D eigenvalue weighted by Crippen LogP contribution is 1.85. The maximum atomic E-state index is 9.95. The molecule has 6 heteroatoms. The van der Waals surface area contributed by atoms with Crippen molar-refractivity contribution in [1.29, 1.82) is 0 Å². The summed E-state index contributed by atoms with van der Waals surface area (Å²) in [4.78, 5) is 9.91. The average Bonchev–Trinajstić information content (AvgIpc) is 1.64. The van der Waals surface area contributed by atoms with Crippen LogP contribution >= 0.6 is 0 Å². The second-order valence-corrected chi connectivity index (χ2v) is 2.19. The zero-order valence-corrected chi connectivity index (χ0v) is 5.67. The van der Waals surface area contributed by atoms with Crippen molar-refractivity contribution < 1.29 is 18.3 Å². The Morgan fingerprint density at radius 2 is 2.11 bits per heavy atom. The minimum Gasteiger partial charge on any atom is -0.464 e. The van der Waals surface area contributed by atoms with Crippen molar-refractivity contribution >= 4 is 17.0 Å². The summed E-state index contributed by atoms with van der Waals surface area (Å²) in [6, 6.07) is 0. The average molecular weight is 153 g/mol. The van der Waals surface area contributed by atoms with Gasteiger partial charge in [0.05, 0.1) is 0 Å². The quantitative estimate of drug-likeness (QED) is 0.525. The van der Waals surface area contributed by atoms with Crippen LogP contribution in [-0.4, -0.2) is 30.5 Å². The van der Waals surface area contributed by atoms with Crippen LogP contribution in [0.25, 0.3) is 0 Å². The van der Waals surface area contributed by atoms with Gasteiger partial charge in [-0.15, -0.1) is 0 Å². The smallest absolute Gasteiger partial charge is 0.420 e. The van der Waals surface area contributed by atoms with Crippen LogP contribution < -0.4 is 0 Å². The number of hydrogen-bond acceptors (Lipinski definition) is 3. The molecule has 0 rings (SSSR count). The monoisotopic (exact) mass is 153 g/mol. The van der Waals surface area contributed by atoms with Gasteiger partial charge in [-0.2, -0.15) is 0 Å². The fourth-order valence-electron chi connectivity index (χ4n) is 0.321. The molecule has 0 bridgehead atoms. The summed E-state index contributed by atoms with van der Waals surface area (Å²) in [5, 5.41) is 8.09. The highest BCUT2D eigenvalue weighted by molar-refractivity contribution is 7.70. The van der Waals surface area contributed by atoms with Gasteiger partial charge in [0.15, 0.2) is 0 Å². The molecule has 0 radical (unpaired) electrons. The van der Waals surface area contributed by atoms with Gasteiger partial charge in [0, 0.05) is 6.54 Å². The van der Waals surface area contributed by atoms with Gasteiger partial charge in [-0.3, -0.25) is 0 Å². The largest absolute Gasteiger partial charge is 0.464 e. The first-order chi connectivity index (χ1) is 4.09. The lowest BCUT2D eigenvalue weighted by molar-refractivity contribution is 0.174. The van der Waals surface area contributed by atoms with Crippen LogP contribution in [0.4, 0.5) is 4.79 Å². The van der Waals surface area contributed by atoms with Gasteiger partial charge in [-0.1, -0.05) is 0 Å². The lowest BCUT2D eigenvalue weighted by Gasteiger charge is -2.05. The molecule has 0 aliphatic heterocycles. The summed E-state index contributed by atoms with van der Waals surface area (Å²) >= 11 is 0. The Kier molecular flexibility index (Phi) is 3.00. The summed E-state index contributed by atoms with van der Waals surface area (Å²) in [6.45, 7) is 1.41. The Balaban J connectivity index is 4.16. The lowest BCUT2D eigenvalue weighted by atomic mass is 10.8. The van der Waals surface area contributed by atoms with Gasteiger partial charge in [0.2, 0.25) is 10.9 Å². The number of thiol groups is 1. The normalized spacial score (nSPS) is 9.56. The molecule has 1 amide bonds. The molecule has 0 fully saturated rings. The third-order valence-corrected chi connectivity index (χ3v) is 1.57. The number of amides is 1. The summed E-state index contributed by atoms with van der Waals surface area (Å²) in [6.07, 6.45) is -1.44. The summed E-state index contributed by atoms with van der Waals surface area (Å²) in [7, 11) is -2.97. The Labute approximate surface area is 54.0 Å². The van der Waals surface area contributed by atoms with Gasteiger partial charge < -0.3 is 5.11 Å². The minimum atomic E-state index is -2.97. The van der Waals surface area contributed by atoms with Crippen molar-refractivity contribution in [3.05, 3.63) is 0 Å². The van der Waals surface area contributed by atoms with E-state index < -0.39 is 17.0 Å². The fraction of sp³-hybridized carbons (Fsp3) is 0.667. The second-order valence-electron chi connectivity index (χ2n) is 1.24. The predicted octanol–water partition coefficient (Wildman–Crippen LogP) is -0.487. The molecule has 0 saturated heterocycles. The van der Waals surface area contributed by atoms with E-state index in [-0.39, 0.29) is 6.54 Å². The van der Waals surface area contributed by atoms with Crippen LogP contribution in [0, 0.1) is 0 Å². The third kappa shape index (κ3) is 2.31. The van der Waals surface area contributed by atoms with Crippen LogP contribution in [0.15, 0.2) is 0 Å². The SMILES string of the molecule is CCN(C(=O)O)[SH](=O)=O. The first kappa shape index (κ1) is 8.22. The zero-order chi connectivity index (χ0) is 7.44. The zero-order valence-electron chi connectivity index (χ0n) is 4.77. The first-order valence-corrected chi connectivity index (χ1v) is 3.37. The molecule has 0 spiro atoms. The van der Waals surface area contributed by atoms with Crippen LogP contribution in [0.1, 0.15) is 6.92 Å². The molecule has 0 unspecified atom stereocenters. The van der Waals surface area contributed by atoms with Crippen molar-refractivity contribution in [2.75, 3.05) is 6.54 Å². The number of rotatable bonds is 2. The first-order valence-electron chi connectivity index (χ1n) is 2.24. The van der Waals surface area contributed by atoms with E-state index in [1.807, 2.05) is 0 Å². The van der Waals surface area contributed by atoms with Gasteiger partial charge in [-0.25, -0.2) is 17.5 Å². The van der Waals surface area contributed by atoms with Crippen LogP contribution in [0.5, 0.6) is 0 Å². The summed E-state index contributed by atoms with van der Waals surface area (Å²) in [5.74, 6) is 0. The fourth-order valence-corrected chi connectivity index (χ4v) is 0.691. The van der Waals surface area contributed by atoms with Crippen LogP contribution in [-0.2, 0) is 10.9 Å². The van der Waals surface area contributed by atoms with Crippen molar-refractivity contribution in [3.8, 4) is 0 Å². The highest BCUT2D eigenvalue weighted by atomic mass is 32.2. The molecule has 0 heterocycles. The van der Waals surface area contributed by atoms with Crippen molar-refractivity contribution in [1.82, 2.24) is 4.31 Å². The Bertz CT molecular complexity index is 167. The number of carboxylic acid groups (broad SMARTS) is 1. The number of hydrogen-bond donors (Lipinski definition) is 2. The number of carbonyl (C=O) groups is 1. The van der Waals surface area contributed by atoms with E-state index >= 15 is 0 Å².